The van der Waals surface area contributed by atoms with E-state index in [1.165, 1.54) is 16.5 Å². The number of hydrogen-bond acceptors (Lipinski definition) is 2. The van der Waals surface area contributed by atoms with E-state index in [0.717, 1.165) is 5.56 Å². The van der Waals surface area contributed by atoms with Gasteiger partial charge in [-0.25, -0.2) is 0 Å². The minimum absolute atomic E-state index is 0.0502. The Kier molecular flexibility index (Phi) is 4.96. The Morgan fingerprint density at radius 1 is 1.12 bits per heavy atom. The van der Waals surface area contributed by atoms with Crippen LogP contribution in [0.25, 0.3) is 10.9 Å². The Hall–Kier alpha value is -2.59. The number of fused-ring (bicyclic) bond motifs is 1. The van der Waals surface area contributed by atoms with E-state index >= 15 is 0 Å². The van der Waals surface area contributed by atoms with Crippen LogP contribution >= 0.6 is 0 Å². The number of aromatic nitrogens is 1. The van der Waals surface area contributed by atoms with Crippen molar-refractivity contribution in [3.63, 3.8) is 0 Å². The summed E-state index contributed by atoms with van der Waals surface area (Å²) in [6, 6.07) is 17.4. The number of aliphatic hydroxyl groups is 1. The molecule has 3 rings (SSSR count). The fourth-order valence-electron chi connectivity index (χ4n) is 3.06. The van der Waals surface area contributed by atoms with Gasteiger partial charge in [-0.1, -0.05) is 48.5 Å². The Morgan fingerprint density at radius 2 is 1.83 bits per heavy atom. The van der Waals surface area contributed by atoms with Gasteiger partial charge in [0.15, 0.2) is 0 Å². The summed E-state index contributed by atoms with van der Waals surface area (Å²) >= 11 is 0. The quantitative estimate of drug-likeness (QED) is 0.733. The largest absolute Gasteiger partial charge is 0.394 e. The first-order valence-corrected chi connectivity index (χ1v) is 8.17. The van der Waals surface area contributed by atoms with E-state index in [4.69, 9.17) is 0 Å². The highest BCUT2D eigenvalue weighted by Crippen LogP contribution is 2.21. The molecule has 0 aliphatic carbocycles. The SMILES string of the molecule is Cn1cc(CCC(=O)NC(CO)c2ccccc2)c2ccccc21. The fourth-order valence-corrected chi connectivity index (χ4v) is 3.06. The van der Waals surface area contributed by atoms with E-state index in [1.807, 2.05) is 49.5 Å². The number of aryl methyl sites for hydroxylation is 2. The lowest BCUT2D eigenvalue weighted by atomic mass is 10.1. The summed E-state index contributed by atoms with van der Waals surface area (Å²) in [6.45, 7) is -0.107. The number of carbonyl (C=O) groups is 1. The second-order valence-electron chi connectivity index (χ2n) is 6.00. The third-order valence-electron chi connectivity index (χ3n) is 4.32. The van der Waals surface area contributed by atoms with Crippen molar-refractivity contribution in [1.82, 2.24) is 9.88 Å². The maximum atomic E-state index is 12.3. The number of para-hydroxylation sites is 1. The molecule has 0 bridgehead atoms. The van der Waals surface area contributed by atoms with Gasteiger partial charge in [0.05, 0.1) is 12.6 Å². The Morgan fingerprint density at radius 3 is 2.58 bits per heavy atom. The second-order valence-corrected chi connectivity index (χ2v) is 6.00. The first-order valence-electron chi connectivity index (χ1n) is 8.17. The van der Waals surface area contributed by atoms with Crippen LogP contribution in [-0.2, 0) is 18.3 Å². The maximum Gasteiger partial charge on any atom is 0.220 e. The Bertz CT molecular complexity index is 824. The minimum Gasteiger partial charge on any atom is -0.394 e. The second kappa shape index (κ2) is 7.32. The lowest BCUT2D eigenvalue weighted by Gasteiger charge is -2.16. The van der Waals surface area contributed by atoms with Crippen LogP contribution in [0.15, 0.2) is 60.8 Å². The highest BCUT2D eigenvalue weighted by atomic mass is 16.3. The van der Waals surface area contributed by atoms with Crippen molar-refractivity contribution in [2.24, 2.45) is 7.05 Å². The molecule has 24 heavy (non-hydrogen) atoms. The Labute approximate surface area is 141 Å². The van der Waals surface area contributed by atoms with Crippen LogP contribution in [0.1, 0.15) is 23.6 Å². The molecule has 1 heterocycles. The summed E-state index contributed by atoms with van der Waals surface area (Å²) in [6.07, 6.45) is 3.16. The van der Waals surface area contributed by atoms with E-state index in [2.05, 4.69) is 28.2 Å². The lowest BCUT2D eigenvalue weighted by molar-refractivity contribution is -0.122. The normalized spacial score (nSPS) is 12.2. The molecule has 1 unspecified atom stereocenters. The molecule has 1 atom stereocenters. The highest BCUT2D eigenvalue weighted by Gasteiger charge is 2.14. The third-order valence-corrected chi connectivity index (χ3v) is 4.32. The van der Waals surface area contributed by atoms with Crippen molar-refractivity contribution in [3.8, 4) is 0 Å². The van der Waals surface area contributed by atoms with Crippen LogP contribution in [0, 0.1) is 0 Å². The van der Waals surface area contributed by atoms with Crippen molar-refractivity contribution < 1.29 is 9.90 Å². The van der Waals surface area contributed by atoms with E-state index in [-0.39, 0.29) is 18.6 Å². The van der Waals surface area contributed by atoms with Gasteiger partial charge in [0.2, 0.25) is 5.91 Å². The summed E-state index contributed by atoms with van der Waals surface area (Å²) < 4.78 is 2.09. The fraction of sp³-hybridized carbons (Fsp3) is 0.250. The molecule has 124 valence electrons. The standard InChI is InChI=1S/C20H22N2O2/c1-22-13-16(17-9-5-6-10-19(17)22)11-12-20(24)21-18(14-23)15-7-3-2-4-8-15/h2-10,13,18,23H,11-12,14H2,1H3,(H,21,24). The predicted octanol–water partition coefficient (Wildman–Crippen LogP) is 2.96. The molecule has 0 saturated carbocycles. The topological polar surface area (TPSA) is 54.3 Å². The third kappa shape index (κ3) is 3.49. The van der Waals surface area contributed by atoms with Gasteiger partial charge in [0.1, 0.15) is 0 Å². The van der Waals surface area contributed by atoms with Gasteiger partial charge in [-0.05, 0) is 23.6 Å². The molecule has 0 spiro atoms. The molecular weight excluding hydrogens is 300 g/mol. The number of nitrogens with zero attached hydrogens (tertiary/aromatic N) is 1. The number of aliphatic hydroxyl groups excluding tert-OH is 1. The zero-order valence-electron chi connectivity index (χ0n) is 13.8. The van der Waals surface area contributed by atoms with Crippen molar-refractivity contribution in [2.45, 2.75) is 18.9 Å². The van der Waals surface area contributed by atoms with E-state index < -0.39 is 0 Å². The van der Waals surface area contributed by atoms with E-state index in [1.54, 1.807) is 0 Å². The molecule has 1 aromatic heterocycles. The molecule has 0 aliphatic rings. The first-order chi connectivity index (χ1) is 11.7. The summed E-state index contributed by atoms with van der Waals surface area (Å²) in [4.78, 5) is 12.3. The molecule has 0 saturated heterocycles. The van der Waals surface area contributed by atoms with Crippen LogP contribution in [0.2, 0.25) is 0 Å². The molecule has 0 aliphatic heterocycles. The average Bonchev–Trinajstić information content (AvgIpc) is 2.95. The molecular formula is C20H22N2O2. The first kappa shape index (κ1) is 16.3. The van der Waals surface area contributed by atoms with Crippen LogP contribution < -0.4 is 5.32 Å². The molecule has 1 amide bonds. The monoisotopic (exact) mass is 322 g/mol. The molecule has 0 fully saturated rings. The van der Waals surface area contributed by atoms with Crippen molar-refractivity contribution in [1.29, 1.82) is 0 Å². The summed E-state index contributed by atoms with van der Waals surface area (Å²) in [5, 5.41) is 13.6. The molecule has 4 nitrogen and oxygen atoms in total. The molecule has 4 heteroatoms. The van der Waals surface area contributed by atoms with Gasteiger partial charge in [-0.3, -0.25) is 4.79 Å². The number of carbonyl (C=O) groups excluding carboxylic acids is 1. The van der Waals surface area contributed by atoms with Crippen LogP contribution in [0.3, 0.4) is 0 Å². The molecule has 0 radical (unpaired) electrons. The summed E-state index contributed by atoms with van der Waals surface area (Å²) in [7, 11) is 2.02. The number of nitrogens with one attached hydrogen (secondary N) is 1. The van der Waals surface area contributed by atoms with Gasteiger partial charge in [0, 0.05) is 30.6 Å². The summed E-state index contributed by atoms with van der Waals surface area (Å²) in [5.41, 5.74) is 3.26. The van der Waals surface area contributed by atoms with E-state index in [0.29, 0.717) is 12.8 Å². The molecule has 2 aromatic carbocycles. The van der Waals surface area contributed by atoms with Crippen molar-refractivity contribution in [3.05, 3.63) is 71.9 Å². The van der Waals surface area contributed by atoms with Gasteiger partial charge < -0.3 is 15.0 Å². The minimum atomic E-state index is -0.355. The van der Waals surface area contributed by atoms with Gasteiger partial charge >= 0.3 is 0 Å². The van der Waals surface area contributed by atoms with Crippen LogP contribution in [0.5, 0.6) is 0 Å². The zero-order valence-corrected chi connectivity index (χ0v) is 13.8. The lowest BCUT2D eigenvalue weighted by Crippen LogP contribution is -2.30. The average molecular weight is 322 g/mol. The molecule has 2 N–H and O–H groups in total. The van der Waals surface area contributed by atoms with Gasteiger partial charge in [0.25, 0.3) is 0 Å². The van der Waals surface area contributed by atoms with Crippen LogP contribution in [-0.4, -0.2) is 22.2 Å². The summed E-state index contributed by atoms with van der Waals surface area (Å²) in [5.74, 6) is -0.0502. The van der Waals surface area contributed by atoms with Crippen molar-refractivity contribution >= 4 is 16.8 Å². The van der Waals surface area contributed by atoms with Crippen molar-refractivity contribution in [2.75, 3.05) is 6.61 Å². The number of amides is 1. The highest BCUT2D eigenvalue weighted by molar-refractivity contribution is 5.85. The predicted molar refractivity (Wildman–Crippen MR) is 95.7 cm³/mol. The van der Waals surface area contributed by atoms with Gasteiger partial charge in [-0.2, -0.15) is 0 Å². The van der Waals surface area contributed by atoms with Gasteiger partial charge in [-0.15, -0.1) is 0 Å². The molecule has 3 aromatic rings. The number of hydrogen-bond donors (Lipinski definition) is 2. The Balaban J connectivity index is 1.64. The number of rotatable bonds is 6. The smallest absolute Gasteiger partial charge is 0.220 e. The zero-order chi connectivity index (χ0) is 16.9. The van der Waals surface area contributed by atoms with Crippen LogP contribution in [0.4, 0.5) is 0 Å². The maximum absolute atomic E-state index is 12.3. The van der Waals surface area contributed by atoms with E-state index in [9.17, 15) is 9.90 Å². The number of benzene rings is 2.